The number of aromatic hydroxyl groups is 1. The zero-order valence-electron chi connectivity index (χ0n) is 9.14. The zero-order chi connectivity index (χ0) is 12.1. The fourth-order valence-electron chi connectivity index (χ4n) is 1.32. The van der Waals surface area contributed by atoms with E-state index in [2.05, 4.69) is 4.74 Å². The van der Waals surface area contributed by atoms with E-state index in [9.17, 15) is 15.0 Å². The minimum absolute atomic E-state index is 0.0171. The molecule has 2 N–H and O–H groups in total. The van der Waals surface area contributed by atoms with E-state index in [0.717, 1.165) is 0 Å². The summed E-state index contributed by atoms with van der Waals surface area (Å²) >= 11 is 0. The van der Waals surface area contributed by atoms with Gasteiger partial charge in [-0.1, -0.05) is 6.07 Å². The minimum atomic E-state index is -1.55. The minimum Gasteiger partial charge on any atom is -0.507 e. The summed E-state index contributed by atoms with van der Waals surface area (Å²) in [6.45, 7) is 1.79. The molecule has 88 valence electrons. The molecule has 5 nitrogen and oxygen atoms in total. The molecule has 0 aromatic heterocycles. The van der Waals surface area contributed by atoms with Gasteiger partial charge in [0.15, 0.2) is 6.10 Å². The topological polar surface area (TPSA) is 76.0 Å². The van der Waals surface area contributed by atoms with E-state index in [1.807, 2.05) is 0 Å². The molecule has 0 aliphatic heterocycles. The molecule has 0 spiro atoms. The Labute approximate surface area is 93.2 Å². The van der Waals surface area contributed by atoms with Gasteiger partial charge < -0.3 is 19.7 Å². The second kappa shape index (κ2) is 5.37. The average Bonchev–Trinajstić information content (AvgIpc) is 2.28. The molecular formula is C11H14O5. The van der Waals surface area contributed by atoms with Gasteiger partial charge in [-0.25, -0.2) is 4.79 Å². The highest BCUT2D eigenvalue weighted by molar-refractivity contribution is 5.78. The van der Waals surface area contributed by atoms with Crippen LogP contribution >= 0.6 is 0 Å². The van der Waals surface area contributed by atoms with Crippen molar-refractivity contribution >= 4 is 5.97 Å². The smallest absolute Gasteiger partial charge is 0.339 e. The first-order valence-corrected chi connectivity index (χ1v) is 4.82. The Hall–Kier alpha value is -1.75. The Balaban J connectivity index is 3.06. The van der Waals surface area contributed by atoms with Gasteiger partial charge in [-0.05, 0) is 19.1 Å². The van der Waals surface area contributed by atoms with Crippen LogP contribution in [0.2, 0.25) is 0 Å². The van der Waals surface area contributed by atoms with Crippen LogP contribution < -0.4 is 4.74 Å². The number of hydrogen-bond acceptors (Lipinski definition) is 5. The first-order valence-electron chi connectivity index (χ1n) is 4.82. The van der Waals surface area contributed by atoms with Crippen molar-refractivity contribution in [3.63, 3.8) is 0 Å². The largest absolute Gasteiger partial charge is 0.507 e. The second-order valence-electron chi connectivity index (χ2n) is 3.05. The van der Waals surface area contributed by atoms with Gasteiger partial charge in [0, 0.05) is 0 Å². The normalized spacial score (nSPS) is 11.9. The summed E-state index contributed by atoms with van der Waals surface area (Å²) in [5, 5.41) is 19.3. The summed E-state index contributed by atoms with van der Waals surface area (Å²) < 4.78 is 9.60. The van der Waals surface area contributed by atoms with Crippen LogP contribution in [0.15, 0.2) is 18.2 Å². The molecular weight excluding hydrogens is 212 g/mol. The summed E-state index contributed by atoms with van der Waals surface area (Å²) in [4.78, 5) is 11.3. The third-order valence-electron chi connectivity index (χ3n) is 2.05. The van der Waals surface area contributed by atoms with Gasteiger partial charge >= 0.3 is 5.97 Å². The average molecular weight is 226 g/mol. The summed E-state index contributed by atoms with van der Waals surface area (Å²) in [5.41, 5.74) is 0.0171. The number of hydrogen-bond donors (Lipinski definition) is 2. The van der Waals surface area contributed by atoms with Gasteiger partial charge in [-0.3, -0.25) is 0 Å². The fourth-order valence-corrected chi connectivity index (χ4v) is 1.32. The summed E-state index contributed by atoms with van der Waals surface area (Å²) in [5.74, 6) is -0.789. The van der Waals surface area contributed by atoms with Crippen molar-refractivity contribution in [3.8, 4) is 11.5 Å². The molecule has 0 aliphatic rings. The molecule has 1 rings (SSSR count). The molecule has 5 heteroatoms. The van der Waals surface area contributed by atoms with Crippen LogP contribution in [0.5, 0.6) is 11.5 Å². The quantitative estimate of drug-likeness (QED) is 0.749. The number of aliphatic hydroxyl groups excluding tert-OH is 1. The number of esters is 1. The van der Waals surface area contributed by atoms with Crippen molar-refractivity contribution in [2.45, 2.75) is 13.0 Å². The van der Waals surface area contributed by atoms with Gasteiger partial charge in [0.05, 0.1) is 19.3 Å². The lowest BCUT2D eigenvalue weighted by Gasteiger charge is -2.14. The van der Waals surface area contributed by atoms with Crippen molar-refractivity contribution in [1.82, 2.24) is 0 Å². The molecule has 0 aliphatic carbocycles. The van der Waals surface area contributed by atoms with Crippen molar-refractivity contribution in [2.75, 3.05) is 13.7 Å². The lowest BCUT2D eigenvalue weighted by Crippen LogP contribution is -2.16. The Morgan fingerprint density at radius 1 is 1.50 bits per heavy atom. The van der Waals surface area contributed by atoms with Crippen LogP contribution in [0.1, 0.15) is 18.6 Å². The third-order valence-corrected chi connectivity index (χ3v) is 2.05. The third kappa shape index (κ3) is 2.43. The van der Waals surface area contributed by atoms with E-state index in [1.54, 1.807) is 13.0 Å². The van der Waals surface area contributed by atoms with E-state index >= 15 is 0 Å². The van der Waals surface area contributed by atoms with E-state index in [1.165, 1.54) is 19.2 Å². The zero-order valence-corrected chi connectivity index (χ0v) is 9.14. The Morgan fingerprint density at radius 2 is 2.19 bits per heavy atom. The fraction of sp³-hybridized carbons (Fsp3) is 0.364. The number of methoxy groups -OCH3 is 1. The van der Waals surface area contributed by atoms with Crippen LogP contribution in [-0.4, -0.2) is 29.9 Å². The predicted molar refractivity (Wildman–Crippen MR) is 56.3 cm³/mol. The summed E-state index contributed by atoms with van der Waals surface area (Å²) in [6, 6.07) is 4.45. The molecule has 0 fully saturated rings. The van der Waals surface area contributed by atoms with Gasteiger partial charge in [0.25, 0.3) is 0 Å². The lowest BCUT2D eigenvalue weighted by atomic mass is 10.1. The molecule has 1 aromatic rings. The van der Waals surface area contributed by atoms with Crippen LogP contribution in [0.3, 0.4) is 0 Å². The molecule has 0 heterocycles. The summed E-state index contributed by atoms with van der Waals surface area (Å²) in [6.07, 6.45) is -1.55. The van der Waals surface area contributed by atoms with Gasteiger partial charge in [-0.2, -0.15) is 0 Å². The molecule has 0 amide bonds. The number of ether oxygens (including phenoxy) is 2. The Bertz CT molecular complexity index is 375. The number of carbonyl (C=O) groups is 1. The molecule has 16 heavy (non-hydrogen) atoms. The highest BCUT2D eigenvalue weighted by Gasteiger charge is 2.25. The first-order chi connectivity index (χ1) is 7.61. The van der Waals surface area contributed by atoms with Crippen molar-refractivity contribution in [2.24, 2.45) is 0 Å². The SMILES string of the molecule is CCOC(=O)C(O)c1c(O)cccc1OC. The Kier molecular flexibility index (Phi) is 4.13. The standard InChI is InChI=1S/C11H14O5/c1-3-16-11(14)10(13)9-7(12)5-4-6-8(9)15-2/h4-6,10,12-13H,3H2,1-2H3. The van der Waals surface area contributed by atoms with E-state index in [4.69, 9.17) is 4.74 Å². The summed E-state index contributed by atoms with van der Waals surface area (Å²) in [7, 11) is 1.39. The van der Waals surface area contributed by atoms with Crippen molar-refractivity contribution < 1.29 is 24.5 Å². The van der Waals surface area contributed by atoms with Crippen LogP contribution in [0, 0.1) is 0 Å². The maximum Gasteiger partial charge on any atom is 0.339 e. The number of benzene rings is 1. The molecule has 0 saturated carbocycles. The van der Waals surface area contributed by atoms with Crippen LogP contribution in [0.4, 0.5) is 0 Å². The lowest BCUT2D eigenvalue weighted by molar-refractivity contribution is -0.153. The van der Waals surface area contributed by atoms with E-state index in [-0.39, 0.29) is 23.7 Å². The maximum absolute atomic E-state index is 11.3. The number of phenolic OH excluding ortho intramolecular Hbond substituents is 1. The number of rotatable bonds is 4. The first kappa shape index (κ1) is 12.3. The van der Waals surface area contributed by atoms with E-state index in [0.29, 0.717) is 0 Å². The predicted octanol–water partition coefficient (Wildman–Crippen LogP) is 0.997. The van der Waals surface area contributed by atoms with Gasteiger partial charge in [-0.15, -0.1) is 0 Å². The monoisotopic (exact) mass is 226 g/mol. The van der Waals surface area contributed by atoms with Crippen LogP contribution in [-0.2, 0) is 9.53 Å². The number of phenols is 1. The van der Waals surface area contributed by atoms with Gasteiger partial charge in [0.2, 0.25) is 0 Å². The highest BCUT2D eigenvalue weighted by Crippen LogP contribution is 2.33. The molecule has 1 unspecified atom stereocenters. The van der Waals surface area contributed by atoms with E-state index < -0.39 is 12.1 Å². The molecule has 0 bridgehead atoms. The maximum atomic E-state index is 11.3. The number of aliphatic hydroxyl groups is 1. The van der Waals surface area contributed by atoms with Crippen molar-refractivity contribution in [3.05, 3.63) is 23.8 Å². The number of carbonyl (C=O) groups excluding carboxylic acids is 1. The van der Waals surface area contributed by atoms with Crippen LogP contribution in [0.25, 0.3) is 0 Å². The highest BCUT2D eigenvalue weighted by atomic mass is 16.5. The van der Waals surface area contributed by atoms with Crippen molar-refractivity contribution in [1.29, 1.82) is 0 Å². The second-order valence-corrected chi connectivity index (χ2v) is 3.05. The Morgan fingerprint density at radius 3 is 2.75 bits per heavy atom. The molecule has 0 saturated heterocycles. The van der Waals surface area contributed by atoms with Gasteiger partial charge in [0.1, 0.15) is 11.5 Å². The molecule has 0 radical (unpaired) electrons. The molecule has 1 aromatic carbocycles. The molecule has 1 atom stereocenters.